The number of hydrogen-bond acceptors (Lipinski definition) is 4. The first-order valence-corrected chi connectivity index (χ1v) is 12.1. The fraction of sp³-hybridized carbons (Fsp3) is 0.385. The molecule has 0 saturated heterocycles. The first-order valence-electron chi connectivity index (χ1n) is 11.4. The lowest BCUT2D eigenvalue weighted by Gasteiger charge is -2.39. The molecule has 0 radical (unpaired) electrons. The van der Waals surface area contributed by atoms with Crippen molar-refractivity contribution in [2.45, 2.75) is 46.1 Å². The molecule has 8 nitrogen and oxygen atoms in total. The van der Waals surface area contributed by atoms with Gasteiger partial charge >= 0.3 is 11.9 Å². The Kier molecular flexibility index (Phi) is 8.00. The number of rotatable bonds is 8. The molecule has 2 aromatic rings. The third-order valence-electron chi connectivity index (χ3n) is 7.47. The lowest BCUT2D eigenvalue weighted by atomic mass is 9.65. The molecule has 0 aliphatic heterocycles. The minimum Gasteiger partial charge on any atom is -0.481 e. The standard InChI is InChI=1S/C26H28Cl2N2O6/c1-25(2)16(22(32)33)11-12-26(25,3)24(36)30-19(23(34)35)13-14-7-9-15(10-8-14)29-21(31)20-17(27)5-4-6-18(20)28/h4-10,16,19H,11-13H2,1-3H3,(H,29,31)(H,30,36)(H,32,33)(H,34,35). The summed E-state index contributed by atoms with van der Waals surface area (Å²) in [6, 6.07) is 10.0. The number of hydrogen-bond donors (Lipinski definition) is 4. The zero-order chi connectivity index (χ0) is 26.8. The highest BCUT2D eigenvalue weighted by molar-refractivity contribution is 6.40. The van der Waals surface area contributed by atoms with Crippen LogP contribution in [0.2, 0.25) is 10.0 Å². The molecule has 1 saturated carbocycles. The Morgan fingerprint density at radius 3 is 2.08 bits per heavy atom. The second kappa shape index (κ2) is 10.5. The van der Waals surface area contributed by atoms with E-state index in [0.717, 1.165) is 0 Å². The summed E-state index contributed by atoms with van der Waals surface area (Å²) in [7, 11) is 0. The molecule has 0 spiro atoms. The van der Waals surface area contributed by atoms with Gasteiger partial charge < -0.3 is 20.8 Å². The Morgan fingerprint density at radius 1 is 1.00 bits per heavy atom. The maximum Gasteiger partial charge on any atom is 0.326 e. The topological polar surface area (TPSA) is 133 Å². The van der Waals surface area contributed by atoms with Gasteiger partial charge in [0.2, 0.25) is 5.91 Å². The van der Waals surface area contributed by atoms with Gasteiger partial charge in [0.05, 0.1) is 26.9 Å². The van der Waals surface area contributed by atoms with E-state index in [0.29, 0.717) is 24.1 Å². The van der Waals surface area contributed by atoms with Crippen molar-refractivity contribution in [2.24, 2.45) is 16.7 Å². The van der Waals surface area contributed by atoms with Gasteiger partial charge in [-0.3, -0.25) is 14.4 Å². The highest BCUT2D eigenvalue weighted by atomic mass is 35.5. The summed E-state index contributed by atoms with van der Waals surface area (Å²) in [5.41, 5.74) is -0.660. The van der Waals surface area contributed by atoms with Gasteiger partial charge in [0.25, 0.3) is 5.91 Å². The first-order chi connectivity index (χ1) is 16.8. The van der Waals surface area contributed by atoms with E-state index in [4.69, 9.17) is 23.2 Å². The van der Waals surface area contributed by atoms with E-state index >= 15 is 0 Å². The maximum atomic E-state index is 13.2. The fourth-order valence-electron chi connectivity index (χ4n) is 4.72. The number of anilines is 1. The molecule has 192 valence electrons. The van der Waals surface area contributed by atoms with Crippen LogP contribution < -0.4 is 10.6 Å². The van der Waals surface area contributed by atoms with Crippen LogP contribution in [0.4, 0.5) is 5.69 Å². The van der Waals surface area contributed by atoms with Crippen LogP contribution in [0.1, 0.15) is 49.5 Å². The van der Waals surface area contributed by atoms with Crippen molar-refractivity contribution in [3.63, 3.8) is 0 Å². The summed E-state index contributed by atoms with van der Waals surface area (Å²) in [5.74, 6) is -3.83. The first kappa shape index (κ1) is 27.5. The molecule has 0 heterocycles. The fourth-order valence-corrected chi connectivity index (χ4v) is 5.29. The minimum absolute atomic E-state index is 0.00447. The van der Waals surface area contributed by atoms with Crippen molar-refractivity contribution >= 4 is 52.6 Å². The second-order valence-electron chi connectivity index (χ2n) is 9.80. The summed E-state index contributed by atoms with van der Waals surface area (Å²) in [6.07, 6.45) is 0.695. The van der Waals surface area contributed by atoms with Crippen LogP contribution in [0.15, 0.2) is 42.5 Å². The molecule has 1 aliphatic rings. The number of carbonyl (C=O) groups is 4. The van der Waals surface area contributed by atoms with E-state index in [1.54, 1.807) is 63.2 Å². The lowest BCUT2D eigenvalue weighted by molar-refractivity contribution is -0.151. The van der Waals surface area contributed by atoms with Crippen molar-refractivity contribution in [2.75, 3.05) is 5.32 Å². The van der Waals surface area contributed by atoms with Gasteiger partial charge in [-0.25, -0.2) is 4.79 Å². The maximum absolute atomic E-state index is 13.2. The molecule has 0 bridgehead atoms. The predicted octanol–water partition coefficient (Wildman–Crippen LogP) is 4.88. The Bertz CT molecular complexity index is 1180. The van der Waals surface area contributed by atoms with Gasteiger partial charge in [-0.1, -0.05) is 62.2 Å². The molecular weight excluding hydrogens is 507 g/mol. The molecule has 36 heavy (non-hydrogen) atoms. The van der Waals surface area contributed by atoms with E-state index < -0.39 is 46.5 Å². The Morgan fingerprint density at radius 2 is 1.58 bits per heavy atom. The molecule has 2 amide bonds. The molecule has 4 N–H and O–H groups in total. The van der Waals surface area contributed by atoms with Gasteiger partial charge in [-0.15, -0.1) is 0 Å². The van der Waals surface area contributed by atoms with Gasteiger partial charge in [0.15, 0.2) is 0 Å². The second-order valence-corrected chi connectivity index (χ2v) is 10.6. The van der Waals surface area contributed by atoms with Crippen LogP contribution in [-0.4, -0.2) is 40.0 Å². The predicted molar refractivity (Wildman–Crippen MR) is 136 cm³/mol. The van der Waals surface area contributed by atoms with E-state index in [-0.39, 0.29) is 22.0 Å². The Hall–Kier alpha value is -3.10. The molecule has 1 aliphatic carbocycles. The molecule has 3 atom stereocenters. The van der Waals surface area contributed by atoms with Crippen LogP contribution in [-0.2, 0) is 20.8 Å². The van der Waals surface area contributed by atoms with Crippen LogP contribution >= 0.6 is 23.2 Å². The molecule has 3 unspecified atom stereocenters. The van der Waals surface area contributed by atoms with Crippen molar-refractivity contribution in [1.82, 2.24) is 5.32 Å². The zero-order valence-corrected chi connectivity index (χ0v) is 21.6. The quantitative estimate of drug-likeness (QED) is 0.381. The monoisotopic (exact) mass is 534 g/mol. The molecule has 3 rings (SSSR count). The normalized spacial score (nSPS) is 21.4. The largest absolute Gasteiger partial charge is 0.481 e. The smallest absolute Gasteiger partial charge is 0.326 e. The number of carbonyl (C=O) groups excluding carboxylic acids is 2. The molecule has 2 aromatic carbocycles. The molecule has 10 heteroatoms. The number of nitrogens with one attached hydrogen (secondary N) is 2. The molecular formula is C26H28Cl2N2O6. The Labute approximate surface area is 219 Å². The van der Waals surface area contributed by atoms with Crippen molar-refractivity contribution in [3.05, 3.63) is 63.6 Å². The summed E-state index contributed by atoms with van der Waals surface area (Å²) < 4.78 is 0. The van der Waals surface area contributed by atoms with Crippen molar-refractivity contribution < 1.29 is 29.4 Å². The number of amides is 2. The van der Waals surface area contributed by atoms with Crippen LogP contribution in [0.5, 0.6) is 0 Å². The van der Waals surface area contributed by atoms with Gasteiger partial charge in [0.1, 0.15) is 6.04 Å². The lowest BCUT2D eigenvalue weighted by Crippen LogP contribution is -2.53. The van der Waals surface area contributed by atoms with Crippen LogP contribution in [0.3, 0.4) is 0 Å². The van der Waals surface area contributed by atoms with Gasteiger partial charge in [-0.2, -0.15) is 0 Å². The molecule has 1 fully saturated rings. The van der Waals surface area contributed by atoms with Crippen LogP contribution in [0.25, 0.3) is 0 Å². The number of carboxylic acids is 2. The van der Waals surface area contributed by atoms with Crippen LogP contribution in [0, 0.1) is 16.7 Å². The van der Waals surface area contributed by atoms with Crippen molar-refractivity contribution in [1.29, 1.82) is 0 Å². The number of aliphatic carboxylic acids is 2. The third kappa shape index (κ3) is 5.34. The Balaban J connectivity index is 1.70. The van der Waals surface area contributed by atoms with E-state index in [1.165, 1.54) is 0 Å². The molecule has 0 aromatic heterocycles. The summed E-state index contributed by atoms with van der Waals surface area (Å²) in [6.45, 7) is 5.15. The average molecular weight is 535 g/mol. The number of halogens is 2. The van der Waals surface area contributed by atoms with Crippen molar-refractivity contribution in [3.8, 4) is 0 Å². The number of benzene rings is 2. The average Bonchev–Trinajstić information content (AvgIpc) is 3.04. The highest BCUT2D eigenvalue weighted by Crippen LogP contribution is 2.56. The highest BCUT2D eigenvalue weighted by Gasteiger charge is 2.58. The van der Waals surface area contributed by atoms with E-state index in [2.05, 4.69) is 10.6 Å². The van der Waals surface area contributed by atoms with Gasteiger partial charge in [-0.05, 0) is 48.1 Å². The summed E-state index contributed by atoms with van der Waals surface area (Å²) >= 11 is 12.2. The SMILES string of the molecule is CC1(C(=O)NC(Cc2ccc(NC(=O)c3c(Cl)cccc3Cl)cc2)C(=O)O)CCC(C(=O)O)C1(C)C. The van der Waals surface area contributed by atoms with Gasteiger partial charge in [0, 0.05) is 12.1 Å². The summed E-state index contributed by atoms with van der Waals surface area (Å²) in [4.78, 5) is 49.3. The summed E-state index contributed by atoms with van der Waals surface area (Å²) in [5, 5.41) is 25.0. The minimum atomic E-state index is -1.21. The number of carboxylic acid groups (broad SMARTS) is 2. The van der Waals surface area contributed by atoms with E-state index in [9.17, 15) is 29.4 Å². The zero-order valence-electron chi connectivity index (χ0n) is 20.1. The third-order valence-corrected chi connectivity index (χ3v) is 8.10. The van der Waals surface area contributed by atoms with E-state index in [1.807, 2.05) is 0 Å².